The summed E-state index contributed by atoms with van der Waals surface area (Å²) in [5, 5.41) is 0. The third-order valence-corrected chi connectivity index (χ3v) is 3.53. The summed E-state index contributed by atoms with van der Waals surface area (Å²) in [4.78, 5) is 0. The van der Waals surface area contributed by atoms with Crippen molar-refractivity contribution in [3.63, 3.8) is 0 Å². The second kappa shape index (κ2) is 17.5. The molecule has 0 bridgehead atoms. The molecule has 112 valence electrons. The smallest absolute Gasteiger partial charge is 0.0351 e. The molecule has 0 aliphatic carbocycles. The third-order valence-electron chi connectivity index (χ3n) is 3.53. The Balaban J connectivity index is 3.07. The van der Waals surface area contributed by atoms with Gasteiger partial charge in [0.1, 0.15) is 0 Å². The van der Waals surface area contributed by atoms with Crippen molar-refractivity contribution in [2.45, 2.75) is 97.3 Å². The highest BCUT2D eigenvalue weighted by molar-refractivity contribution is 4.83. The number of rotatable bonds is 14. The fraction of sp³-hybridized carbons (Fsp3) is 0.789. The quantitative estimate of drug-likeness (QED) is 0.230. The molecule has 0 amide bonds. The van der Waals surface area contributed by atoms with Crippen LogP contribution < -0.4 is 0 Å². The van der Waals surface area contributed by atoms with E-state index >= 15 is 0 Å². The largest absolute Gasteiger partial charge is 0.0888 e. The Hall–Kier alpha value is -0.520. The van der Waals surface area contributed by atoms with Gasteiger partial charge in [0, 0.05) is 0 Å². The van der Waals surface area contributed by atoms with Crippen LogP contribution in [0.3, 0.4) is 0 Å². The predicted molar refractivity (Wildman–Crippen MR) is 89.6 cm³/mol. The molecular formula is C19H36. The van der Waals surface area contributed by atoms with Crippen molar-refractivity contribution in [3.8, 4) is 0 Å². The van der Waals surface area contributed by atoms with Gasteiger partial charge < -0.3 is 0 Å². The molecule has 0 heteroatoms. The highest BCUT2D eigenvalue weighted by Gasteiger charge is 1.89. The van der Waals surface area contributed by atoms with Crippen molar-refractivity contribution in [1.29, 1.82) is 0 Å². The minimum atomic E-state index is 1.18. The highest BCUT2D eigenvalue weighted by atomic mass is 14.0. The molecule has 0 aromatic carbocycles. The average molecular weight is 264 g/mol. The zero-order valence-electron chi connectivity index (χ0n) is 13.5. The van der Waals surface area contributed by atoms with Crippen molar-refractivity contribution in [2.75, 3.05) is 0 Å². The molecule has 0 saturated carbocycles. The summed E-state index contributed by atoms with van der Waals surface area (Å²) < 4.78 is 0. The molecule has 0 spiro atoms. The first-order valence-corrected chi connectivity index (χ1v) is 8.71. The molecule has 0 aromatic heterocycles. The summed E-state index contributed by atoms with van der Waals surface area (Å²) in [6.07, 6.45) is 27.0. The van der Waals surface area contributed by atoms with Crippen LogP contribution in [-0.2, 0) is 0 Å². The molecule has 0 aromatic rings. The normalized spacial score (nSPS) is 11.9. The van der Waals surface area contributed by atoms with Crippen molar-refractivity contribution >= 4 is 0 Å². The van der Waals surface area contributed by atoms with Gasteiger partial charge in [-0.2, -0.15) is 0 Å². The van der Waals surface area contributed by atoms with Crippen molar-refractivity contribution in [3.05, 3.63) is 24.3 Å². The van der Waals surface area contributed by atoms with E-state index in [1.165, 1.54) is 83.5 Å². The van der Waals surface area contributed by atoms with Crippen LogP contribution in [0.15, 0.2) is 24.3 Å². The number of hydrogen-bond donors (Lipinski definition) is 0. The molecule has 0 radical (unpaired) electrons. The van der Waals surface area contributed by atoms with Gasteiger partial charge in [0.2, 0.25) is 0 Å². The Kier molecular flexibility index (Phi) is 17.0. The van der Waals surface area contributed by atoms with Gasteiger partial charge in [0.05, 0.1) is 0 Å². The zero-order chi connectivity index (χ0) is 14.0. The maximum atomic E-state index is 2.40. The molecule has 0 saturated heterocycles. The molecule has 0 unspecified atom stereocenters. The van der Waals surface area contributed by atoms with E-state index in [0.29, 0.717) is 0 Å². The van der Waals surface area contributed by atoms with Crippen molar-refractivity contribution in [1.82, 2.24) is 0 Å². The van der Waals surface area contributed by atoms with Gasteiger partial charge in [0.25, 0.3) is 0 Å². The van der Waals surface area contributed by atoms with Crippen LogP contribution in [0.4, 0.5) is 0 Å². The number of allylic oxidation sites excluding steroid dienone is 4. The molecule has 19 heavy (non-hydrogen) atoms. The van der Waals surface area contributed by atoms with E-state index < -0.39 is 0 Å². The maximum Gasteiger partial charge on any atom is -0.0351 e. The number of hydrogen-bond acceptors (Lipinski definition) is 0. The molecule has 0 aliphatic heterocycles. The van der Waals surface area contributed by atoms with E-state index in [0.717, 1.165) is 0 Å². The Labute approximate surface area is 122 Å². The average Bonchev–Trinajstić information content (AvgIpc) is 2.43. The van der Waals surface area contributed by atoms with E-state index in [2.05, 4.69) is 38.2 Å². The van der Waals surface area contributed by atoms with E-state index in [9.17, 15) is 0 Å². The van der Waals surface area contributed by atoms with Gasteiger partial charge in [-0.25, -0.2) is 0 Å². The van der Waals surface area contributed by atoms with Crippen LogP contribution in [0.5, 0.6) is 0 Å². The fourth-order valence-electron chi connectivity index (χ4n) is 2.26. The zero-order valence-corrected chi connectivity index (χ0v) is 13.5. The topological polar surface area (TPSA) is 0 Å². The summed E-state index contributed by atoms with van der Waals surface area (Å²) in [6, 6.07) is 0. The minimum Gasteiger partial charge on any atom is -0.0888 e. The Morgan fingerprint density at radius 1 is 0.474 bits per heavy atom. The van der Waals surface area contributed by atoms with Gasteiger partial charge in [-0.15, -0.1) is 0 Å². The summed E-state index contributed by atoms with van der Waals surface area (Å²) in [6.45, 7) is 4.48. The Morgan fingerprint density at radius 3 is 1.42 bits per heavy atom. The third kappa shape index (κ3) is 17.5. The second-order valence-electron chi connectivity index (χ2n) is 5.55. The van der Waals surface area contributed by atoms with Crippen molar-refractivity contribution in [2.24, 2.45) is 0 Å². The summed E-state index contributed by atoms with van der Waals surface area (Å²) in [5.41, 5.74) is 0. The van der Waals surface area contributed by atoms with Crippen LogP contribution in [0.25, 0.3) is 0 Å². The first-order chi connectivity index (χ1) is 9.41. The van der Waals surface area contributed by atoms with Crippen LogP contribution in [0.1, 0.15) is 97.3 Å². The molecule has 0 nitrogen and oxygen atoms in total. The van der Waals surface area contributed by atoms with Gasteiger partial charge in [0.15, 0.2) is 0 Å². The van der Waals surface area contributed by atoms with E-state index in [4.69, 9.17) is 0 Å². The van der Waals surface area contributed by atoms with Crippen LogP contribution in [0.2, 0.25) is 0 Å². The highest BCUT2D eigenvalue weighted by Crippen LogP contribution is 2.09. The van der Waals surface area contributed by atoms with Crippen LogP contribution in [-0.4, -0.2) is 0 Å². The van der Waals surface area contributed by atoms with E-state index in [-0.39, 0.29) is 0 Å². The summed E-state index contributed by atoms with van der Waals surface area (Å²) in [7, 11) is 0. The number of unbranched alkanes of at least 4 members (excludes halogenated alkanes) is 10. The molecule has 0 atom stereocenters. The first-order valence-electron chi connectivity index (χ1n) is 8.71. The lowest BCUT2D eigenvalue weighted by atomic mass is 10.1. The Morgan fingerprint density at radius 2 is 0.895 bits per heavy atom. The van der Waals surface area contributed by atoms with Crippen LogP contribution >= 0.6 is 0 Å². The lowest BCUT2D eigenvalue weighted by Crippen LogP contribution is -1.79. The van der Waals surface area contributed by atoms with Crippen molar-refractivity contribution < 1.29 is 0 Å². The maximum absolute atomic E-state index is 2.40. The predicted octanol–water partition coefficient (Wildman–Crippen LogP) is 7.21. The summed E-state index contributed by atoms with van der Waals surface area (Å²) >= 11 is 0. The molecule has 0 N–H and O–H groups in total. The molecular weight excluding hydrogens is 228 g/mol. The molecule has 0 heterocycles. The van der Waals surface area contributed by atoms with Gasteiger partial charge in [-0.1, -0.05) is 76.7 Å². The lowest BCUT2D eigenvalue weighted by Gasteiger charge is -1.99. The monoisotopic (exact) mass is 264 g/mol. The minimum absolute atomic E-state index is 1.18. The Bertz CT molecular complexity index is 200. The molecule has 0 fully saturated rings. The van der Waals surface area contributed by atoms with Gasteiger partial charge >= 0.3 is 0 Å². The van der Waals surface area contributed by atoms with Gasteiger partial charge in [-0.3, -0.25) is 0 Å². The summed E-state index contributed by atoms with van der Waals surface area (Å²) in [5.74, 6) is 0. The lowest BCUT2D eigenvalue weighted by molar-refractivity contribution is 0.592. The fourth-order valence-corrected chi connectivity index (χ4v) is 2.26. The molecule has 0 aliphatic rings. The SMILES string of the molecule is CC/C=C/CCCC/C=C/CCCCCCCCC. The van der Waals surface area contributed by atoms with E-state index in [1.807, 2.05) is 0 Å². The van der Waals surface area contributed by atoms with Gasteiger partial charge in [-0.05, 0) is 44.9 Å². The second-order valence-corrected chi connectivity index (χ2v) is 5.55. The standard InChI is InChI=1S/C19H36/c1-3-5-7-9-11-13-15-17-19-18-16-14-12-10-8-6-4-2/h5,7,17,19H,3-4,6,8-16,18H2,1-2H3/b7-5+,19-17+. The van der Waals surface area contributed by atoms with E-state index in [1.54, 1.807) is 0 Å². The first kappa shape index (κ1) is 18.5. The molecule has 0 rings (SSSR count). The van der Waals surface area contributed by atoms with Crippen LogP contribution in [0, 0.1) is 0 Å².